The summed E-state index contributed by atoms with van der Waals surface area (Å²) in [5.41, 5.74) is 6.89. The first kappa shape index (κ1) is 26.7. The van der Waals surface area contributed by atoms with E-state index >= 15 is 0 Å². The molecule has 1 aliphatic carbocycles. The number of nitrogens with two attached hydrogens (primary N) is 1. The highest BCUT2D eigenvalue weighted by Gasteiger charge is 2.38. The molecule has 0 radical (unpaired) electrons. The fourth-order valence-corrected chi connectivity index (χ4v) is 4.24. The van der Waals surface area contributed by atoms with E-state index in [2.05, 4.69) is 19.2 Å². The van der Waals surface area contributed by atoms with Crippen molar-refractivity contribution >= 4 is 23.2 Å². The van der Waals surface area contributed by atoms with Crippen LogP contribution in [0.15, 0.2) is 36.4 Å². The molecule has 1 amide bonds. The Morgan fingerprint density at radius 2 is 1.73 bits per heavy atom. The van der Waals surface area contributed by atoms with Gasteiger partial charge in [0.2, 0.25) is 0 Å². The van der Waals surface area contributed by atoms with E-state index in [1.54, 1.807) is 6.07 Å². The number of halogens is 3. The number of rotatable bonds is 7. The molecule has 0 bridgehead atoms. The minimum Gasteiger partial charge on any atom is -0.492 e. The zero-order chi connectivity index (χ0) is 24.6. The van der Waals surface area contributed by atoms with Crippen molar-refractivity contribution in [3.8, 4) is 16.2 Å². The number of carbonyl (C=O) groups excluding carboxylic acids is 1. The predicted octanol–water partition coefficient (Wildman–Crippen LogP) is 5.08. The van der Waals surface area contributed by atoms with Gasteiger partial charge in [-0.2, -0.15) is 13.2 Å². The van der Waals surface area contributed by atoms with Gasteiger partial charge in [0.1, 0.15) is 12.4 Å². The van der Waals surface area contributed by atoms with Crippen molar-refractivity contribution in [2.75, 3.05) is 13.2 Å². The normalized spacial score (nSPS) is 15.9. The third-order valence-electron chi connectivity index (χ3n) is 5.37. The van der Waals surface area contributed by atoms with E-state index in [0.29, 0.717) is 22.9 Å². The maximum absolute atomic E-state index is 11.2. The number of thiophene rings is 1. The van der Waals surface area contributed by atoms with Gasteiger partial charge in [-0.3, -0.25) is 4.79 Å². The van der Waals surface area contributed by atoms with Crippen LogP contribution in [0.25, 0.3) is 10.4 Å². The van der Waals surface area contributed by atoms with Crippen LogP contribution < -0.4 is 15.8 Å². The number of carbonyl (C=O) groups is 2. The van der Waals surface area contributed by atoms with Gasteiger partial charge in [-0.05, 0) is 73.1 Å². The Bertz CT molecular complexity index is 917. The monoisotopic (exact) mass is 486 g/mol. The molecule has 10 heteroatoms. The van der Waals surface area contributed by atoms with Gasteiger partial charge in [0.15, 0.2) is 0 Å². The molecule has 0 unspecified atom stereocenters. The molecule has 6 nitrogen and oxygen atoms in total. The lowest BCUT2D eigenvalue weighted by atomic mass is 9.75. The smallest absolute Gasteiger partial charge is 0.490 e. The number of aliphatic carboxylic acids is 1. The van der Waals surface area contributed by atoms with E-state index in [1.165, 1.54) is 37.0 Å². The second-order valence-electron chi connectivity index (χ2n) is 8.60. The molecule has 0 saturated heterocycles. The summed E-state index contributed by atoms with van der Waals surface area (Å²) in [6.07, 6.45) is 0.0337. The Morgan fingerprint density at radius 3 is 2.21 bits per heavy atom. The van der Waals surface area contributed by atoms with Gasteiger partial charge < -0.3 is 20.9 Å². The molecule has 3 rings (SSSR count). The van der Waals surface area contributed by atoms with Crippen molar-refractivity contribution in [2.24, 2.45) is 11.1 Å². The molecular weight excluding hydrogens is 457 g/mol. The summed E-state index contributed by atoms with van der Waals surface area (Å²) < 4.78 is 37.6. The van der Waals surface area contributed by atoms with Crippen LogP contribution in [0.1, 0.15) is 49.2 Å². The molecule has 1 aromatic heterocycles. The van der Waals surface area contributed by atoms with Gasteiger partial charge in [-0.1, -0.05) is 13.8 Å². The van der Waals surface area contributed by atoms with Crippen LogP contribution >= 0.6 is 11.3 Å². The lowest BCUT2D eigenvalue weighted by molar-refractivity contribution is -0.192. The number of alkyl halides is 3. The van der Waals surface area contributed by atoms with Gasteiger partial charge in [-0.15, -0.1) is 11.3 Å². The second-order valence-corrected chi connectivity index (χ2v) is 9.68. The van der Waals surface area contributed by atoms with Crippen LogP contribution in [-0.2, 0) is 4.79 Å². The molecule has 33 heavy (non-hydrogen) atoms. The molecule has 0 atom stereocenters. The number of carboxylic acid groups (broad SMARTS) is 1. The molecule has 1 saturated carbocycles. The standard InChI is InChI=1S/C21H28N2O2S.C2HF3O2/c1-21(2)11-9-16(10-12-21)23-13-14-25-17-5-3-15(4-6-17)18-7-8-19(26-18)20(22)24;3-2(4,5)1(6)7/h3-8,16,23H,9-14H2,1-2H3,(H2,22,24);(H,6,7). The van der Waals surface area contributed by atoms with Crippen LogP contribution in [0.3, 0.4) is 0 Å². The Morgan fingerprint density at radius 1 is 1.15 bits per heavy atom. The Balaban J connectivity index is 0.000000479. The summed E-state index contributed by atoms with van der Waals surface area (Å²) in [6.45, 7) is 6.27. The average Bonchev–Trinajstić information content (AvgIpc) is 3.23. The summed E-state index contributed by atoms with van der Waals surface area (Å²) in [4.78, 5) is 21.7. The average molecular weight is 487 g/mol. The highest BCUT2D eigenvalue weighted by Crippen LogP contribution is 2.35. The predicted molar refractivity (Wildman–Crippen MR) is 121 cm³/mol. The van der Waals surface area contributed by atoms with Crippen molar-refractivity contribution in [3.63, 3.8) is 0 Å². The van der Waals surface area contributed by atoms with E-state index in [0.717, 1.165) is 22.7 Å². The fourth-order valence-electron chi connectivity index (χ4n) is 3.38. The molecule has 2 aromatic rings. The Hall–Kier alpha value is -2.59. The molecule has 1 aliphatic rings. The maximum Gasteiger partial charge on any atom is 0.490 e. The minimum atomic E-state index is -5.08. The van der Waals surface area contributed by atoms with E-state index in [4.69, 9.17) is 20.4 Å². The van der Waals surface area contributed by atoms with Crippen LogP contribution in [0.5, 0.6) is 5.75 Å². The third kappa shape index (κ3) is 9.05. The van der Waals surface area contributed by atoms with E-state index in [-0.39, 0.29) is 5.91 Å². The lowest BCUT2D eigenvalue weighted by Crippen LogP contribution is -2.37. The first-order chi connectivity index (χ1) is 15.4. The molecule has 1 fully saturated rings. The summed E-state index contributed by atoms with van der Waals surface area (Å²) in [6, 6.07) is 12.3. The van der Waals surface area contributed by atoms with Crippen molar-refractivity contribution < 1.29 is 32.6 Å². The van der Waals surface area contributed by atoms with Gasteiger partial charge in [0, 0.05) is 17.5 Å². The zero-order valence-electron chi connectivity index (χ0n) is 18.6. The molecule has 0 spiro atoms. The molecule has 182 valence electrons. The van der Waals surface area contributed by atoms with Gasteiger partial charge in [0.05, 0.1) is 4.88 Å². The quantitative estimate of drug-likeness (QED) is 0.474. The zero-order valence-corrected chi connectivity index (χ0v) is 19.4. The number of nitrogens with one attached hydrogen (secondary N) is 1. The number of benzene rings is 1. The number of amides is 1. The summed E-state index contributed by atoms with van der Waals surface area (Å²) in [5, 5.41) is 10.7. The lowest BCUT2D eigenvalue weighted by Gasteiger charge is -2.34. The molecule has 1 heterocycles. The van der Waals surface area contributed by atoms with Crippen molar-refractivity contribution in [2.45, 2.75) is 51.7 Å². The van der Waals surface area contributed by atoms with Crippen LogP contribution in [0.2, 0.25) is 0 Å². The van der Waals surface area contributed by atoms with E-state index < -0.39 is 12.1 Å². The van der Waals surface area contributed by atoms with Crippen molar-refractivity contribution in [1.82, 2.24) is 5.32 Å². The largest absolute Gasteiger partial charge is 0.492 e. The van der Waals surface area contributed by atoms with Gasteiger partial charge in [0.25, 0.3) is 5.91 Å². The first-order valence-corrected chi connectivity index (χ1v) is 11.4. The minimum absolute atomic E-state index is 0.379. The maximum atomic E-state index is 11.2. The van der Waals surface area contributed by atoms with Crippen molar-refractivity contribution in [3.05, 3.63) is 41.3 Å². The Labute approximate surface area is 194 Å². The summed E-state index contributed by atoms with van der Waals surface area (Å²) in [5.74, 6) is -2.27. The van der Waals surface area contributed by atoms with Crippen molar-refractivity contribution in [1.29, 1.82) is 0 Å². The second kappa shape index (κ2) is 11.5. The SMILES string of the molecule is CC1(C)CCC(NCCOc2ccc(-c3ccc(C(N)=O)s3)cc2)CC1.O=C(O)C(F)(F)F. The summed E-state index contributed by atoms with van der Waals surface area (Å²) >= 11 is 1.41. The number of ether oxygens (including phenoxy) is 1. The van der Waals surface area contributed by atoms with E-state index in [1.807, 2.05) is 30.3 Å². The third-order valence-corrected chi connectivity index (χ3v) is 6.52. The number of hydrogen-bond acceptors (Lipinski definition) is 5. The van der Waals surface area contributed by atoms with Crippen LogP contribution in [-0.4, -0.2) is 42.4 Å². The van der Waals surface area contributed by atoms with Crippen LogP contribution in [0, 0.1) is 5.41 Å². The van der Waals surface area contributed by atoms with Gasteiger partial charge >= 0.3 is 12.1 Å². The van der Waals surface area contributed by atoms with Crippen LogP contribution in [0.4, 0.5) is 13.2 Å². The molecule has 4 N–H and O–H groups in total. The Kier molecular flexibility index (Phi) is 9.30. The number of primary amides is 1. The molecule has 1 aromatic carbocycles. The topological polar surface area (TPSA) is 102 Å². The fraction of sp³-hybridized carbons (Fsp3) is 0.478. The highest BCUT2D eigenvalue weighted by molar-refractivity contribution is 7.17. The first-order valence-electron chi connectivity index (χ1n) is 10.5. The number of hydrogen-bond donors (Lipinski definition) is 3. The molecular formula is C23H29F3N2O4S. The highest BCUT2D eigenvalue weighted by atomic mass is 32.1. The molecule has 0 aliphatic heterocycles. The number of carboxylic acids is 1. The summed E-state index contributed by atoms with van der Waals surface area (Å²) in [7, 11) is 0. The van der Waals surface area contributed by atoms with Gasteiger partial charge in [-0.25, -0.2) is 4.79 Å². The van der Waals surface area contributed by atoms with E-state index in [9.17, 15) is 18.0 Å².